The number of amides is 1. The van der Waals surface area contributed by atoms with E-state index >= 15 is 0 Å². The highest BCUT2D eigenvalue weighted by Crippen LogP contribution is 2.33. The summed E-state index contributed by atoms with van der Waals surface area (Å²) in [5.74, 6) is 0.801. The van der Waals surface area contributed by atoms with Gasteiger partial charge in [0, 0.05) is 13.5 Å². The van der Waals surface area contributed by atoms with Crippen LogP contribution in [0.2, 0.25) is 0 Å². The number of benzene rings is 1. The molecule has 1 aromatic rings. The minimum Gasteiger partial charge on any atom is -0.352 e. The molecule has 2 rings (SSSR count). The molecule has 0 radical (unpaired) electrons. The van der Waals surface area contributed by atoms with Crippen LogP contribution in [0.4, 0.5) is 0 Å². The zero-order valence-electron chi connectivity index (χ0n) is 9.83. The van der Waals surface area contributed by atoms with Crippen molar-refractivity contribution in [1.82, 2.24) is 5.32 Å². The predicted octanol–water partition coefficient (Wildman–Crippen LogP) is 2.98. The Morgan fingerprint density at radius 2 is 1.88 bits per heavy atom. The Kier molecular flexibility index (Phi) is 3.60. The molecule has 1 aliphatic carbocycles. The van der Waals surface area contributed by atoms with E-state index in [1.54, 1.807) is 6.92 Å². The largest absolute Gasteiger partial charge is 0.352 e. The van der Waals surface area contributed by atoms with Crippen molar-refractivity contribution in [2.45, 2.75) is 45.1 Å². The van der Waals surface area contributed by atoms with Crippen molar-refractivity contribution in [2.75, 3.05) is 0 Å². The molecular weight excluding hydrogens is 198 g/mol. The average Bonchev–Trinajstić information content (AvgIpc) is 2.80. The van der Waals surface area contributed by atoms with Crippen LogP contribution in [0.5, 0.6) is 0 Å². The zero-order chi connectivity index (χ0) is 11.4. The summed E-state index contributed by atoms with van der Waals surface area (Å²) in [6.07, 6.45) is 5.42. The fourth-order valence-electron chi connectivity index (χ4n) is 2.39. The Morgan fingerprint density at radius 1 is 1.25 bits per heavy atom. The van der Waals surface area contributed by atoms with Crippen LogP contribution in [0.15, 0.2) is 24.3 Å². The number of carbonyl (C=O) groups excluding carboxylic acids is 1. The van der Waals surface area contributed by atoms with E-state index in [0.29, 0.717) is 6.54 Å². The molecule has 0 unspecified atom stereocenters. The number of hydrogen-bond donors (Lipinski definition) is 1. The van der Waals surface area contributed by atoms with E-state index in [9.17, 15) is 4.79 Å². The Balaban J connectivity index is 1.95. The van der Waals surface area contributed by atoms with Gasteiger partial charge in [-0.25, -0.2) is 0 Å². The van der Waals surface area contributed by atoms with E-state index in [1.807, 2.05) is 0 Å². The Hall–Kier alpha value is -1.31. The molecule has 0 spiro atoms. The zero-order valence-corrected chi connectivity index (χ0v) is 9.83. The molecule has 0 bridgehead atoms. The summed E-state index contributed by atoms with van der Waals surface area (Å²) in [4.78, 5) is 10.8. The van der Waals surface area contributed by atoms with E-state index < -0.39 is 0 Å². The molecule has 1 saturated carbocycles. The van der Waals surface area contributed by atoms with E-state index in [-0.39, 0.29) is 5.91 Å². The third-order valence-corrected chi connectivity index (χ3v) is 3.35. The van der Waals surface area contributed by atoms with Gasteiger partial charge in [0.2, 0.25) is 5.91 Å². The highest BCUT2D eigenvalue weighted by Gasteiger charge is 2.16. The highest BCUT2D eigenvalue weighted by atomic mass is 16.1. The first-order chi connectivity index (χ1) is 7.75. The van der Waals surface area contributed by atoms with Crippen LogP contribution < -0.4 is 5.32 Å². The highest BCUT2D eigenvalue weighted by molar-refractivity contribution is 5.72. The van der Waals surface area contributed by atoms with E-state index in [4.69, 9.17) is 0 Å². The summed E-state index contributed by atoms with van der Waals surface area (Å²) in [5, 5.41) is 2.81. The van der Waals surface area contributed by atoms with Gasteiger partial charge >= 0.3 is 0 Å². The van der Waals surface area contributed by atoms with Gasteiger partial charge in [0.15, 0.2) is 0 Å². The molecule has 86 valence electrons. The minimum absolute atomic E-state index is 0.0277. The second kappa shape index (κ2) is 5.15. The number of hydrogen-bond acceptors (Lipinski definition) is 1. The molecule has 0 saturated heterocycles. The third kappa shape index (κ3) is 2.84. The molecule has 1 N–H and O–H groups in total. The Labute approximate surface area is 97.1 Å². The lowest BCUT2D eigenvalue weighted by Crippen LogP contribution is -2.18. The van der Waals surface area contributed by atoms with Crippen LogP contribution in [-0.4, -0.2) is 5.91 Å². The van der Waals surface area contributed by atoms with Gasteiger partial charge in [-0.3, -0.25) is 4.79 Å². The van der Waals surface area contributed by atoms with Crippen LogP contribution in [0.1, 0.15) is 49.7 Å². The third-order valence-electron chi connectivity index (χ3n) is 3.35. The maximum absolute atomic E-state index is 10.8. The van der Waals surface area contributed by atoms with Gasteiger partial charge in [-0.2, -0.15) is 0 Å². The van der Waals surface area contributed by atoms with Gasteiger partial charge in [-0.15, -0.1) is 0 Å². The minimum atomic E-state index is 0.0277. The van der Waals surface area contributed by atoms with E-state index in [2.05, 4.69) is 29.6 Å². The molecule has 2 nitrogen and oxygen atoms in total. The van der Waals surface area contributed by atoms with E-state index in [1.165, 1.54) is 36.8 Å². The van der Waals surface area contributed by atoms with Gasteiger partial charge < -0.3 is 5.32 Å². The normalized spacial score (nSPS) is 16.3. The molecule has 0 atom stereocenters. The topological polar surface area (TPSA) is 29.1 Å². The average molecular weight is 217 g/mol. The molecule has 1 amide bonds. The SMILES string of the molecule is CC(=O)NCc1ccc(C2CCCC2)cc1. The molecule has 0 heterocycles. The lowest BCUT2D eigenvalue weighted by Gasteiger charge is -2.10. The molecular formula is C14H19NO. The fraction of sp³-hybridized carbons (Fsp3) is 0.500. The number of carbonyl (C=O) groups is 1. The van der Waals surface area contributed by atoms with Crippen LogP contribution in [0.25, 0.3) is 0 Å². The monoisotopic (exact) mass is 217 g/mol. The van der Waals surface area contributed by atoms with Gasteiger partial charge in [0.25, 0.3) is 0 Å². The maximum atomic E-state index is 10.8. The standard InChI is InChI=1S/C14H19NO/c1-11(16)15-10-12-6-8-14(9-7-12)13-4-2-3-5-13/h6-9,13H,2-5,10H2,1H3,(H,15,16). The van der Waals surface area contributed by atoms with Crippen molar-refractivity contribution in [3.63, 3.8) is 0 Å². The molecule has 1 aromatic carbocycles. The first kappa shape index (κ1) is 11.2. The van der Waals surface area contributed by atoms with E-state index in [0.717, 1.165) is 5.92 Å². The van der Waals surface area contributed by atoms with Crippen LogP contribution in [0.3, 0.4) is 0 Å². The lowest BCUT2D eigenvalue weighted by atomic mass is 9.97. The van der Waals surface area contributed by atoms with Crippen LogP contribution in [0, 0.1) is 0 Å². The first-order valence-corrected chi connectivity index (χ1v) is 6.09. The summed E-state index contributed by atoms with van der Waals surface area (Å²) in [6.45, 7) is 2.19. The maximum Gasteiger partial charge on any atom is 0.217 e. The van der Waals surface area contributed by atoms with Crippen molar-refractivity contribution in [1.29, 1.82) is 0 Å². The van der Waals surface area contributed by atoms with Crippen LogP contribution in [-0.2, 0) is 11.3 Å². The smallest absolute Gasteiger partial charge is 0.217 e. The van der Waals surface area contributed by atoms with Gasteiger partial charge in [-0.05, 0) is 29.9 Å². The number of nitrogens with one attached hydrogen (secondary N) is 1. The van der Waals surface area contributed by atoms with Crippen LogP contribution >= 0.6 is 0 Å². The molecule has 16 heavy (non-hydrogen) atoms. The number of rotatable bonds is 3. The quantitative estimate of drug-likeness (QED) is 0.828. The Bertz CT molecular complexity index is 350. The van der Waals surface area contributed by atoms with Gasteiger partial charge in [0.1, 0.15) is 0 Å². The lowest BCUT2D eigenvalue weighted by molar-refractivity contribution is -0.119. The molecule has 0 aromatic heterocycles. The van der Waals surface area contributed by atoms with Crippen molar-refractivity contribution in [3.05, 3.63) is 35.4 Å². The molecule has 0 aliphatic heterocycles. The summed E-state index contributed by atoms with van der Waals surface area (Å²) < 4.78 is 0. The second-order valence-electron chi connectivity index (χ2n) is 4.63. The summed E-state index contributed by atoms with van der Waals surface area (Å²) in [7, 11) is 0. The predicted molar refractivity (Wildman–Crippen MR) is 65.2 cm³/mol. The van der Waals surface area contributed by atoms with Crippen molar-refractivity contribution < 1.29 is 4.79 Å². The van der Waals surface area contributed by atoms with Crippen molar-refractivity contribution in [3.8, 4) is 0 Å². The summed E-state index contributed by atoms with van der Waals surface area (Å²) in [6, 6.07) is 8.69. The van der Waals surface area contributed by atoms with Gasteiger partial charge in [0.05, 0.1) is 0 Å². The Morgan fingerprint density at radius 3 is 2.44 bits per heavy atom. The molecule has 2 heteroatoms. The molecule has 1 fully saturated rings. The second-order valence-corrected chi connectivity index (χ2v) is 4.63. The fourth-order valence-corrected chi connectivity index (χ4v) is 2.39. The summed E-state index contributed by atoms with van der Waals surface area (Å²) in [5.41, 5.74) is 2.64. The van der Waals surface area contributed by atoms with Crippen molar-refractivity contribution in [2.24, 2.45) is 0 Å². The van der Waals surface area contributed by atoms with Crippen molar-refractivity contribution >= 4 is 5.91 Å². The summed E-state index contributed by atoms with van der Waals surface area (Å²) >= 11 is 0. The first-order valence-electron chi connectivity index (χ1n) is 6.09. The molecule has 1 aliphatic rings. The van der Waals surface area contributed by atoms with Gasteiger partial charge in [-0.1, -0.05) is 37.1 Å².